The summed E-state index contributed by atoms with van der Waals surface area (Å²) < 4.78 is 21.2. The van der Waals surface area contributed by atoms with Gasteiger partial charge in [-0.1, -0.05) is 30.3 Å². The standard InChI is InChI=1S/C23H28N2O6/c1-28-19-8-9-20(21(14-19)29-2)24-22(26)30-15-18-10-12-25(13-11-18)23(27)31-16-17-6-4-3-5-7-17/h3-9,14,18H,10-13,15-16H2,1-2H3,(H,24,26). The van der Waals surface area contributed by atoms with Crippen molar-refractivity contribution < 1.29 is 28.5 Å². The van der Waals surface area contributed by atoms with Gasteiger partial charge in [0, 0.05) is 19.2 Å². The maximum atomic E-state index is 12.2. The molecule has 2 aromatic rings. The summed E-state index contributed by atoms with van der Waals surface area (Å²) in [5.74, 6) is 1.31. The average molecular weight is 428 g/mol. The van der Waals surface area contributed by atoms with Gasteiger partial charge in [-0.25, -0.2) is 9.59 Å². The normalized spacial score (nSPS) is 13.9. The molecule has 2 aromatic carbocycles. The van der Waals surface area contributed by atoms with E-state index in [0.29, 0.717) is 30.3 Å². The number of piperidine rings is 1. The molecule has 1 saturated heterocycles. The SMILES string of the molecule is COc1ccc(NC(=O)OCC2CCN(C(=O)OCc3ccccc3)CC2)c(OC)c1. The van der Waals surface area contributed by atoms with Crippen molar-refractivity contribution in [3.8, 4) is 11.5 Å². The summed E-state index contributed by atoms with van der Waals surface area (Å²) in [6, 6.07) is 14.7. The number of hydrogen-bond acceptors (Lipinski definition) is 6. The number of methoxy groups -OCH3 is 2. The second-order valence-electron chi connectivity index (χ2n) is 7.26. The van der Waals surface area contributed by atoms with Crippen LogP contribution in [0.4, 0.5) is 15.3 Å². The Hall–Kier alpha value is -3.42. The van der Waals surface area contributed by atoms with E-state index in [1.54, 1.807) is 30.2 Å². The molecular formula is C23H28N2O6. The van der Waals surface area contributed by atoms with Gasteiger partial charge >= 0.3 is 12.2 Å². The molecule has 8 nitrogen and oxygen atoms in total. The van der Waals surface area contributed by atoms with E-state index >= 15 is 0 Å². The van der Waals surface area contributed by atoms with Crippen LogP contribution >= 0.6 is 0 Å². The molecule has 0 atom stereocenters. The van der Waals surface area contributed by atoms with Gasteiger partial charge in [0.2, 0.25) is 0 Å². The predicted octanol–water partition coefficient (Wildman–Crippen LogP) is 4.30. The number of ether oxygens (including phenoxy) is 4. The molecule has 0 aromatic heterocycles. The Morgan fingerprint density at radius 2 is 1.74 bits per heavy atom. The first-order chi connectivity index (χ1) is 15.1. The number of amides is 2. The Morgan fingerprint density at radius 1 is 1.00 bits per heavy atom. The summed E-state index contributed by atoms with van der Waals surface area (Å²) in [5.41, 5.74) is 1.46. The molecule has 0 radical (unpaired) electrons. The van der Waals surface area contributed by atoms with Gasteiger partial charge in [-0.2, -0.15) is 0 Å². The molecule has 166 valence electrons. The van der Waals surface area contributed by atoms with E-state index in [1.807, 2.05) is 30.3 Å². The first-order valence-electron chi connectivity index (χ1n) is 10.2. The molecule has 1 N–H and O–H groups in total. The summed E-state index contributed by atoms with van der Waals surface area (Å²) in [6.07, 6.45) is 0.639. The highest BCUT2D eigenvalue weighted by Gasteiger charge is 2.25. The number of rotatable bonds is 7. The molecule has 31 heavy (non-hydrogen) atoms. The first-order valence-corrected chi connectivity index (χ1v) is 10.2. The van der Waals surface area contributed by atoms with Crippen molar-refractivity contribution in [2.45, 2.75) is 19.4 Å². The minimum absolute atomic E-state index is 0.196. The van der Waals surface area contributed by atoms with Crippen molar-refractivity contribution in [3.63, 3.8) is 0 Å². The molecular weight excluding hydrogens is 400 g/mol. The lowest BCUT2D eigenvalue weighted by Crippen LogP contribution is -2.40. The van der Waals surface area contributed by atoms with Crippen molar-refractivity contribution in [2.24, 2.45) is 5.92 Å². The fraction of sp³-hybridized carbons (Fsp3) is 0.391. The van der Waals surface area contributed by atoms with Crippen molar-refractivity contribution >= 4 is 17.9 Å². The van der Waals surface area contributed by atoms with Crippen LogP contribution in [0.3, 0.4) is 0 Å². The minimum Gasteiger partial charge on any atom is -0.497 e. The van der Waals surface area contributed by atoms with Gasteiger partial charge in [0.15, 0.2) is 0 Å². The number of carbonyl (C=O) groups excluding carboxylic acids is 2. The van der Waals surface area contributed by atoms with Crippen LogP contribution in [-0.4, -0.2) is 51.0 Å². The number of anilines is 1. The van der Waals surface area contributed by atoms with E-state index in [4.69, 9.17) is 18.9 Å². The summed E-state index contributed by atoms with van der Waals surface area (Å²) >= 11 is 0. The van der Waals surface area contributed by atoms with Crippen LogP contribution in [0.2, 0.25) is 0 Å². The maximum absolute atomic E-state index is 12.2. The molecule has 0 unspecified atom stereocenters. The van der Waals surface area contributed by atoms with E-state index in [1.165, 1.54) is 7.11 Å². The van der Waals surface area contributed by atoms with Crippen LogP contribution in [0, 0.1) is 5.92 Å². The smallest absolute Gasteiger partial charge is 0.411 e. The fourth-order valence-electron chi connectivity index (χ4n) is 3.33. The highest BCUT2D eigenvalue weighted by Crippen LogP contribution is 2.29. The molecule has 1 aliphatic rings. The summed E-state index contributed by atoms with van der Waals surface area (Å²) in [5, 5.41) is 2.69. The van der Waals surface area contributed by atoms with Crippen LogP contribution in [0.1, 0.15) is 18.4 Å². The number of carbonyl (C=O) groups is 2. The lowest BCUT2D eigenvalue weighted by Gasteiger charge is -2.31. The summed E-state index contributed by atoms with van der Waals surface area (Å²) in [7, 11) is 3.08. The third kappa shape index (κ3) is 6.53. The van der Waals surface area contributed by atoms with Gasteiger partial charge in [0.1, 0.15) is 18.1 Å². The number of likely N-dealkylation sites (tertiary alicyclic amines) is 1. The van der Waals surface area contributed by atoms with Gasteiger partial charge in [0.25, 0.3) is 0 Å². The average Bonchev–Trinajstić information content (AvgIpc) is 2.82. The van der Waals surface area contributed by atoms with E-state index in [9.17, 15) is 9.59 Å². The highest BCUT2D eigenvalue weighted by atomic mass is 16.6. The molecule has 0 spiro atoms. The lowest BCUT2D eigenvalue weighted by molar-refractivity contribution is 0.0699. The molecule has 0 saturated carbocycles. The number of hydrogen-bond donors (Lipinski definition) is 1. The van der Waals surface area contributed by atoms with Crippen LogP contribution in [-0.2, 0) is 16.1 Å². The highest BCUT2D eigenvalue weighted by molar-refractivity contribution is 5.87. The van der Waals surface area contributed by atoms with Crippen LogP contribution < -0.4 is 14.8 Å². The molecule has 8 heteroatoms. The van der Waals surface area contributed by atoms with Crippen LogP contribution in [0.5, 0.6) is 11.5 Å². The van der Waals surface area contributed by atoms with Gasteiger partial charge in [-0.05, 0) is 36.5 Å². The van der Waals surface area contributed by atoms with Crippen molar-refractivity contribution in [2.75, 3.05) is 39.2 Å². The van der Waals surface area contributed by atoms with Gasteiger partial charge < -0.3 is 23.8 Å². The van der Waals surface area contributed by atoms with Gasteiger partial charge in [-0.15, -0.1) is 0 Å². The largest absolute Gasteiger partial charge is 0.497 e. The Morgan fingerprint density at radius 3 is 2.42 bits per heavy atom. The van der Waals surface area contributed by atoms with Gasteiger partial charge in [0.05, 0.1) is 26.5 Å². The van der Waals surface area contributed by atoms with Crippen LogP contribution in [0.25, 0.3) is 0 Å². The zero-order chi connectivity index (χ0) is 22.1. The topological polar surface area (TPSA) is 86.3 Å². The van der Waals surface area contributed by atoms with Crippen molar-refractivity contribution in [1.29, 1.82) is 0 Å². The number of benzene rings is 2. The fourth-order valence-corrected chi connectivity index (χ4v) is 3.33. The quantitative estimate of drug-likeness (QED) is 0.708. The maximum Gasteiger partial charge on any atom is 0.411 e. The van der Waals surface area contributed by atoms with Crippen molar-refractivity contribution in [1.82, 2.24) is 4.90 Å². The molecule has 0 aliphatic carbocycles. The first kappa shape index (κ1) is 22.3. The Labute approximate surface area is 182 Å². The summed E-state index contributed by atoms with van der Waals surface area (Å²) in [6.45, 7) is 1.71. The van der Waals surface area contributed by atoms with Crippen molar-refractivity contribution in [3.05, 3.63) is 54.1 Å². The van der Waals surface area contributed by atoms with E-state index in [-0.39, 0.29) is 25.2 Å². The Kier molecular flexibility index (Phi) is 7.98. The monoisotopic (exact) mass is 428 g/mol. The van der Waals surface area contributed by atoms with E-state index in [0.717, 1.165) is 18.4 Å². The third-order valence-corrected chi connectivity index (χ3v) is 5.17. The Bertz CT molecular complexity index is 866. The molecule has 1 aliphatic heterocycles. The third-order valence-electron chi connectivity index (χ3n) is 5.17. The number of nitrogens with zero attached hydrogens (tertiary/aromatic N) is 1. The molecule has 1 fully saturated rings. The number of nitrogens with one attached hydrogen (secondary N) is 1. The van der Waals surface area contributed by atoms with E-state index in [2.05, 4.69) is 5.32 Å². The zero-order valence-electron chi connectivity index (χ0n) is 17.8. The molecule has 0 bridgehead atoms. The lowest BCUT2D eigenvalue weighted by atomic mass is 9.98. The van der Waals surface area contributed by atoms with Crippen LogP contribution in [0.15, 0.2) is 48.5 Å². The second-order valence-corrected chi connectivity index (χ2v) is 7.26. The molecule has 3 rings (SSSR count). The Balaban J connectivity index is 1.38. The van der Waals surface area contributed by atoms with Gasteiger partial charge in [-0.3, -0.25) is 5.32 Å². The summed E-state index contributed by atoms with van der Waals surface area (Å²) in [4.78, 5) is 26.1. The molecule has 1 heterocycles. The molecule has 2 amide bonds. The van der Waals surface area contributed by atoms with E-state index < -0.39 is 6.09 Å². The zero-order valence-corrected chi connectivity index (χ0v) is 17.8. The minimum atomic E-state index is -0.548. The second kappa shape index (κ2) is 11.1. The predicted molar refractivity (Wildman–Crippen MR) is 115 cm³/mol.